The van der Waals surface area contributed by atoms with Gasteiger partial charge in [-0.1, -0.05) is 54.1 Å². The highest BCUT2D eigenvalue weighted by molar-refractivity contribution is 6.38. The number of hydrogen-bond acceptors (Lipinski definition) is 5. The number of Topliss-reactive ketones (excluding diaryl/α,β-unsaturated/α-hetero) is 1. The van der Waals surface area contributed by atoms with Crippen LogP contribution in [0.25, 0.3) is 17.1 Å². The number of amides is 2. The number of rotatable bonds is 8. The van der Waals surface area contributed by atoms with Gasteiger partial charge in [-0.3, -0.25) is 14.4 Å². The first-order valence-electron chi connectivity index (χ1n) is 11.1. The third-order valence-corrected chi connectivity index (χ3v) is 5.97. The quantitative estimate of drug-likeness (QED) is 0.327. The molecule has 0 saturated carbocycles. The van der Waals surface area contributed by atoms with Crippen molar-refractivity contribution in [3.8, 4) is 17.1 Å². The van der Waals surface area contributed by atoms with Crippen LogP contribution < -0.4 is 11.1 Å². The lowest BCUT2D eigenvalue weighted by atomic mass is 10.0. The van der Waals surface area contributed by atoms with E-state index in [-0.39, 0.29) is 29.1 Å². The molecule has 0 aliphatic heterocycles. The Morgan fingerprint density at radius 2 is 1.74 bits per heavy atom. The molecule has 38 heavy (non-hydrogen) atoms. The molecule has 0 radical (unpaired) electrons. The molecule has 0 spiro atoms. The van der Waals surface area contributed by atoms with Gasteiger partial charge in [-0.05, 0) is 29.8 Å². The lowest BCUT2D eigenvalue weighted by molar-refractivity contribution is -0.137. The summed E-state index contributed by atoms with van der Waals surface area (Å²) in [7, 11) is 0. The Hall–Kier alpha value is -4.51. The van der Waals surface area contributed by atoms with E-state index >= 15 is 0 Å². The van der Waals surface area contributed by atoms with E-state index in [1.807, 2.05) is 0 Å². The van der Waals surface area contributed by atoms with Crippen LogP contribution in [0, 0.1) is 0 Å². The lowest BCUT2D eigenvalue weighted by Crippen LogP contribution is -2.47. The van der Waals surface area contributed by atoms with Crippen molar-refractivity contribution in [1.82, 2.24) is 20.1 Å². The van der Waals surface area contributed by atoms with E-state index in [0.717, 1.165) is 6.07 Å². The smallest absolute Gasteiger partial charge is 0.363 e. The molecule has 0 bridgehead atoms. The molecule has 0 saturated heterocycles. The first kappa shape index (κ1) is 26.6. The number of aromatic nitrogens is 3. The van der Waals surface area contributed by atoms with Gasteiger partial charge in [0.15, 0.2) is 5.82 Å². The maximum Gasteiger partial charge on any atom is 0.417 e. The van der Waals surface area contributed by atoms with Crippen LogP contribution in [0.3, 0.4) is 0 Å². The number of ketones is 1. The number of nitrogens with two attached hydrogens (primary N) is 1. The maximum absolute atomic E-state index is 13.3. The Morgan fingerprint density at radius 3 is 2.42 bits per heavy atom. The minimum atomic E-state index is -4.65. The fourth-order valence-corrected chi connectivity index (χ4v) is 4.09. The Bertz CT molecular complexity index is 1510. The molecule has 1 unspecified atom stereocenters. The first-order chi connectivity index (χ1) is 18.1. The van der Waals surface area contributed by atoms with Crippen molar-refractivity contribution >= 4 is 29.2 Å². The minimum Gasteiger partial charge on any atom is -0.363 e. The van der Waals surface area contributed by atoms with Gasteiger partial charge < -0.3 is 11.1 Å². The van der Waals surface area contributed by atoms with Crippen molar-refractivity contribution in [2.24, 2.45) is 5.73 Å². The fraction of sp³-hybridized carbons (Fsp3) is 0.115. The molecule has 0 fully saturated rings. The normalized spacial score (nSPS) is 12.1. The van der Waals surface area contributed by atoms with Crippen molar-refractivity contribution in [1.29, 1.82) is 0 Å². The van der Waals surface area contributed by atoms with Crippen molar-refractivity contribution in [3.05, 3.63) is 101 Å². The zero-order valence-electron chi connectivity index (χ0n) is 19.4. The van der Waals surface area contributed by atoms with Crippen LogP contribution >= 0.6 is 11.6 Å². The third-order valence-electron chi connectivity index (χ3n) is 5.56. The lowest BCUT2D eigenvalue weighted by Gasteiger charge is -2.17. The molecule has 4 aromatic rings. The van der Waals surface area contributed by atoms with E-state index in [1.165, 1.54) is 47.4 Å². The molecule has 0 aliphatic carbocycles. The molecule has 4 rings (SSSR count). The number of primary amides is 1. The number of carbonyl (C=O) groups is 3. The molecule has 2 aromatic carbocycles. The van der Waals surface area contributed by atoms with Gasteiger partial charge >= 0.3 is 6.18 Å². The maximum atomic E-state index is 13.3. The number of alkyl halides is 3. The van der Waals surface area contributed by atoms with Gasteiger partial charge in [0, 0.05) is 24.4 Å². The molecule has 2 heterocycles. The zero-order valence-corrected chi connectivity index (χ0v) is 20.2. The van der Waals surface area contributed by atoms with Crippen LogP contribution in [-0.4, -0.2) is 38.4 Å². The molecular formula is C26H19ClF3N5O3. The topological polar surface area (TPSA) is 120 Å². The summed E-state index contributed by atoms with van der Waals surface area (Å²) in [5.41, 5.74) is 5.01. The highest BCUT2D eigenvalue weighted by atomic mass is 35.5. The molecule has 0 aliphatic rings. The highest BCUT2D eigenvalue weighted by Crippen LogP contribution is 2.39. The number of nitrogens with zero attached hydrogens (tertiary/aromatic N) is 3. The summed E-state index contributed by atoms with van der Waals surface area (Å²) in [6.07, 6.45) is -1.84. The van der Waals surface area contributed by atoms with Gasteiger partial charge in [0.2, 0.25) is 5.78 Å². The highest BCUT2D eigenvalue weighted by Gasteiger charge is 2.34. The summed E-state index contributed by atoms with van der Waals surface area (Å²) in [5, 5.41) is 6.28. The minimum absolute atomic E-state index is 0.00683. The van der Waals surface area contributed by atoms with Crippen LogP contribution in [0.15, 0.2) is 79.1 Å². The van der Waals surface area contributed by atoms with E-state index < -0.39 is 40.4 Å². The second-order valence-electron chi connectivity index (χ2n) is 8.13. The summed E-state index contributed by atoms with van der Waals surface area (Å²) >= 11 is 6.03. The molecule has 2 aromatic heterocycles. The Kier molecular flexibility index (Phi) is 7.58. The molecule has 12 heteroatoms. The average Bonchev–Trinajstić information content (AvgIpc) is 3.37. The van der Waals surface area contributed by atoms with Crippen LogP contribution in [0.5, 0.6) is 0 Å². The number of benzene rings is 2. The van der Waals surface area contributed by atoms with Crippen molar-refractivity contribution in [2.45, 2.75) is 18.6 Å². The van der Waals surface area contributed by atoms with Gasteiger partial charge in [-0.2, -0.15) is 18.3 Å². The number of carbonyl (C=O) groups excluding carboxylic acids is 3. The standard InChI is InChI=1S/C26H19ClF3N5O3/c27-21-16(8-4-10-18(21)26(28,29)30)19-11-13-35(34-19)24-17(9-5-12-32-24)25(38)33-20(22(36)23(31)37)14-15-6-2-1-3-7-15/h1-13,20H,14H2,(H2,31,37)(H,33,38). The number of hydrogen-bond donors (Lipinski definition) is 2. The van der Waals surface area contributed by atoms with Crippen molar-refractivity contribution in [3.63, 3.8) is 0 Å². The Labute approximate surface area is 219 Å². The zero-order chi connectivity index (χ0) is 27.4. The summed E-state index contributed by atoms with van der Waals surface area (Å²) in [6, 6.07) is 15.3. The second-order valence-corrected chi connectivity index (χ2v) is 8.51. The molecule has 2 amide bonds. The Balaban J connectivity index is 1.65. The van der Waals surface area contributed by atoms with E-state index in [2.05, 4.69) is 15.4 Å². The van der Waals surface area contributed by atoms with E-state index in [9.17, 15) is 27.6 Å². The van der Waals surface area contributed by atoms with E-state index in [4.69, 9.17) is 17.3 Å². The van der Waals surface area contributed by atoms with Gasteiger partial charge in [-0.15, -0.1) is 0 Å². The first-order valence-corrected chi connectivity index (χ1v) is 11.5. The monoisotopic (exact) mass is 541 g/mol. The SMILES string of the molecule is NC(=O)C(=O)C(Cc1ccccc1)NC(=O)c1cccnc1-n1ccc(-c2cccc(C(F)(F)F)c2Cl)n1. The van der Waals surface area contributed by atoms with Crippen LogP contribution in [-0.2, 0) is 22.2 Å². The summed E-state index contributed by atoms with van der Waals surface area (Å²) in [6.45, 7) is 0. The van der Waals surface area contributed by atoms with Gasteiger partial charge in [-0.25, -0.2) is 9.67 Å². The number of halogens is 4. The molecule has 194 valence electrons. The van der Waals surface area contributed by atoms with Gasteiger partial charge in [0.05, 0.1) is 21.8 Å². The van der Waals surface area contributed by atoms with Crippen LogP contribution in [0.2, 0.25) is 5.02 Å². The average molecular weight is 542 g/mol. The predicted octanol–water partition coefficient (Wildman–Crippen LogP) is 4.00. The predicted molar refractivity (Wildman–Crippen MR) is 132 cm³/mol. The van der Waals surface area contributed by atoms with E-state index in [0.29, 0.717) is 5.56 Å². The summed E-state index contributed by atoms with van der Waals surface area (Å²) < 4.78 is 41.1. The van der Waals surface area contributed by atoms with Crippen LogP contribution in [0.1, 0.15) is 21.5 Å². The second kappa shape index (κ2) is 10.9. The summed E-state index contributed by atoms with van der Waals surface area (Å²) in [5.74, 6) is -2.89. The fourth-order valence-electron chi connectivity index (χ4n) is 3.76. The largest absolute Gasteiger partial charge is 0.417 e. The van der Waals surface area contributed by atoms with E-state index in [1.54, 1.807) is 30.3 Å². The third kappa shape index (κ3) is 5.73. The number of nitrogens with one attached hydrogen (secondary N) is 1. The summed E-state index contributed by atoms with van der Waals surface area (Å²) in [4.78, 5) is 41.4. The van der Waals surface area contributed by atoms with Gasteiger partial charge in [0.25, 0.3) is 11.8 Å². The molecule has 1 atom stereocenters. The van der Waals surface area contributed by atoms with Gasteiger partial charge in [0.1, 0.15) is 6.04 Å². The number of pyridine rings is 1. The molecular weight excluding hydrogens is 523 g/mol. The van der Waals surface area contributed by atoms with Crippen molar-refractivity contribution < 1.29 is 27.6 Å². The van der Waals surface area contributed by atoms with Crippen molar-refractivity contribution in [2.75, 3.05) is 0 Å². The van der Waals surface area contributed by atoms with Crippen LogP contribution in [0.4, 0.5) is 13.2 Å². The molecule has 8 nitrogen and oxygen atoms in total. The Morgan fingerprint density at radius 1 is 1.00 bits per heavy atom. The molecule has 3 N–H and O–H groups in total.